The van der Waals surface area contributed by atoms with Gasteiger partial charge in [-0.15, -0.1) is 0 Å². The van der Waals surface area contributed by atoms with Crippen molar-refractivity contribution in [3.05, 3.63) is 30.3 Å². The van der Waals surface area contributed by atoms with Crippen LogP contribution in [0.5, 0.6) is 0 Å². The summed E-state index contributed by atoms with van der Waals surface area (Å²) >= 11 is 0. The molecule has 0 aliphatic heterocycles. The number of para-hydroxylation sites is 1. The van der Waals surface area contributed by atoms with Crippen molar-refractivity contribution >= 4 is 17.5 Å². The van der Waals surface area contributed by atoms with Crippen LogP contribution in [0.3, 0.4) is 0 Å². The fraction of sp³-hybridized carbons (Fsp3) is 0.467. The second-order valence-corrected chi connectivity index (χ2v) is 5.00. The number of benzene rings is 1. The zero-order chi connectivity index (χ0) is 15.0. The Labute approximate surface area is 120 Å². The molecule has 0 fully saturated rings. The van der Waals surface area contributed by atoms with Gasteiger partial charge in [-0.3, -0.25) is 9.59 Å². The summed E-state index contributed by atoms with van der Waals surface area (Å²) in [5, 5.41) is 8.65. The minimum absolute atomic E-state index is 0.0110. The van der Waals surface area contributed by atoms with Crippen molar-refractivity contribution in [3.63, 3.8) is 0 Å². The molecule has 0 aromatic heterocycles. The fourth-order valence-corrected chi connectivity index (χ4v) is 1.66. The highest BCUT2D eigenvalue weighted by Gasteiger charge is 2.12. The van der Waals surface area contributed by atoms with Crippen molar-refractivity contribution in [2.24, 2.45) is 0 Å². The number of hydrogen-bond donors (Lipinski definition) is 3. The van der Waals surface area contributed by atoms with Gasteiger partial charge < -0.3 is 16.0 Å². The highest BCUT2D eigenvalue weighted by Crippen LogP contribution is 2.05. The van der Waals surface area contributed by atoms with Crippen LogP contribution < -0.4 is 16.0 Å². The average molecular weight is 277 g/mol. The molecule has 1 aromatic carbocycles. The number of anilines is 1. The van der Waals surface area contributed by atoms with Crippen LogP contribution in [-0.4, -0.2) is 30.4 Å². The van der Waals surface area contributed by atoms with Crippen molar-refractivity contribution in [3.8, 4) is 0 Å². The number of amides is 2. The Morgan fingerprint density at radius 3 is 2.35 bits per heavy atom. The highest BCUT2D eigenvalue weighted by molar-refractivity contribution is 5.94. The summed E-state index contributed by atoms with van der Waals surface area (Å²) in [7, 11) is 0. The maximum Gasteiger partial charge on any atom is 0.241 e. The van der Waals surface area contributed by atoms with Gasteiger partial charge in [-0.05, 0) is 32.9 Å². The lowest BCUT2D eigenvalue weighted by molar-refractivity contribution is -0.122. The first kappa shape index (κ1) is 16.2. The molecular formula is C15H23N3O2. The molecule has 0 radical (unpaired) electrons. The molecule has 20 heavy (non-hydrogen) atoms. The van der Waals surface area contributed by atoms with E-state index >= 15 is 0 Å². The molecule has 0 saturated carbocycles. The molecule has 1 rings (SSSR count). The van der Waals surface area contributed by atoms with E-state index in [-0.39, 0.29) is 23.9 Å². The van der Waals surface area contributed by atoms with Crippen molar-refractivity contribution in [1.82, 2.24) is 10.6 Å². The van der Waals surface area contributed by atoms with E-state index in [2.05, 4.69) is 16.0 Å². The molecule has 110 valence electrons. The molecule has 0 bridgehead atoms. The monoisotopic (exact) mass is 277 g/mol. The number of carbonyl (C=O) groups excluding carboxylic acids is 2. The molecule has 0 saturated heterocycles. The third-order valence-electron chi connectivity index (χ3n) is 2.69. The number of nitrogens with one attached hydrogen (secondary N) is 3. The van der Waals surface area contributed by atoms with Crippen LogP contribution >= 0.6 is 0 Å². The van der Waals surface area contributed by atoms with Crippen LogP contribution in [0.25, 0.3) is 0 Å². The minimum atomic E-state index is -0.345. The second kappa shape index (κ2) is 8.32. The van der Waals surface area contributed by atoms with Gasteiger partial charge in [-0.25, -0.2) is 0 Å². The third kappa shape index (κ3) is 6.33. The summed E-state index contributed by atoms with van der Waals surface area (Å²) < 4.78 is 0. The maximum absolute atomic E-state index is 11.9. The van der Waals surface area contributed by atoms with E-state index in [1.165, 1.54) is 0 Å². The topological polar surface area (TPSA) is 70.2 Å². The van der Waals surface area contributed by atoms with Gasteiger partial charge in [-0.2, -0.15) is 0 Å². The van der Waals surface area contributed by atoms with Crippen LogP contribution in [-0.2, 0) is 9.59 Å². The van der Waals surface area contributed by atoms with Crippen LogP contribution in [0.15, 0.2) is 30.3 Å². The SMILES string of the molecule is CC(C)NC(=O)CCNC(C)C(=O)Nc1ccccc1. The Hall–Kier alpha value is -1.88. The summed E-state index contributed by atoms with van der Waals surface area (Å²) in [6.45, 7) is 6.09. The van der Waals surface area contributed by atoms with E-state index < -0.39 is 0 Å². The lowest BCUT2D eigenvalue weighted by Gasteiger charge is -2.14. The lowest BCUT2D eigenvalue weighted by atomic mass is 10.2. The van der Waals surface area contributed by atoms with Gasteiger partial charge in [0.2, 0.25) is 11.8 Å². The van der Waals surface area contributed by atoms with Crippen molar-refractivity contribution < 1.29 is 9.59 Å². The second-order valence-electron chi connectivity index (χ2n) is 5.00. The van der Waals surface area contributed by atoms with Crippen molar-refractivity contribution in [1.29, 1.82) is 0 Å². The Morgan fingerprint density at radius 1 is 1.10 bits per heavy atom. The van der Waals surface area contributed by atoms with Gasteiger partial charge in [0, 0.05) is 24.7 Å². The summed E-state index contributed by atoms with van der Waals surface area (Å²) in [5.74, 6) is -0.122. The minimum Gasteiger partial charge on any atom is -0.354 e. The van der Waals surface area contributed by atoms with Crippen molar-refractivity contribution in [2.45, 2.75) is 39.3 Å². The Kier molecular flexibility index (Phi) is 6.73. The van der Waals surface area contributed by atoms with Crippen molar-refractivity contribution in [2.75, 3.05) is 11.9 Å². The molecule has 0 aliphatic carbocycles. The van der Waals surface area contributed by atoms with Gasteiger partial charge in [0.1, 0.15) is 0 Å². The van der Waals surface area contributed by atoms with Gasteiger partial charge in [-0.1, -0.05) is 18.2 Å². The van der Waals surface area contributed by atoms with E-state index in [0.29, 0.717) is 13.0 Å². The predicted octanol–water partition coefficient (Wildman–Crippen LogP) is 1.52. The molecule has 1 aromatic rings. The van der Waals surface area contributed by atoms with Crippen LogP contribution in [0.1, 0.15) is 27.2 Å². The molecular weight excluding hydrogens is 254 g/mol. The molecule has 0 spiro atoms. The first-order valence-corrected chi connectivity index (χ1v) is 6.87. The van der Waals surface area contributed by atoms with E-state index in [9.17, 15) is 9.59 Å². The van der Waals surface area contributed by atoms with E-state index in [1.807, 2.05) is 44.2 Å². The summed E-state index contributed by atoms with van der Waals surface area (Å²) in [6.07, 6.45) is 0.362. The molecule has 5 nitrogen and oxygen atoms in total. The molecule has 0 aliphatic rings. The molecule has 2 amide bonds. The predicted molar refractivity (Wildman–Crippen MR) is 80.4 cm³/mol. The van der Waals surface area contributed by atoms with Gasteiger partial charge in [0.05, 0.1) is 6.04 Å². The van der Waals surface area contributed by atoms with Crippen LogP contribution in [0, 0.1) is 0 Å². The zero-order valence-corrected chi connectivity index (χ0v) is 12.3. The Morgan fingerprint density at radius 2 is 1.75 bits per heavy atom. The first-order chi connectivity index (χ1) is 9.49. The molecule has 1 atom stereocenters. The first-order valence-electron chi connectivity index (χ1n) is 6.87. The molecule has 5 heteroatoms. The number of carbonyl (C=O) groups is 2. The number of hydrogen-bond acceptors (Lipinski definition) is 3. The average Bonchev–Trinajstić information content (AvgIpc) is 2.38. The number of rotatable bonds is 7. The van der Waals surface area contributed by atoms with Crippen LogP contribution in [0.4, 0.5) is 5.69 Å². The van der Waals surface area contributed by atoms with E-state index in [4.69, 9.17) is 0 Å². The summed E-state index contributed by atoms with van der Waals surface area (Å²) in [5.41, 5.74) is 0.767. The third-order valence-corrected chi connectivity index (χ3v) is 2.69. The Bertz CT molecular complexity index is 432. The quantitative estimate of drug-likeness (QED) is 0.707. The molecule has 1 unspecified atom stereocenters. The van der Waals surface area contributed by atoms with E-state index in [0.717, 1.165) is 5.69 Å². The van der Waals surface area contributed by atoms with Gasteiger partial charge >= 0.3 is 0 Å². The largest absolute Gasteiger partial charge is 0.354 e. The fourth-order valence-electron chi connectivity index (χ4n) is 1.66. The van der Waals surface area contributed by atoms with E-state index in [1.54, 1.807) is 6.92 Å². The zero-order valence-electron chi connectivity index (χ0n) is 12.3. The highest BCUT2D eigenvalue weighted by atomic mass is 16.2. The normalized spacial score (nSPS) is 12.0. The molecule has 3 N–H and O–H groups in total. The smallest absolute Gasteiger partial charge is 0.241 e. The summed E-state index contributed by atoms with van der Waals surface area (Å²) in [4.78, 5) is 23.3. The Balaban J connectivity index is 2.27. The summed E-state index contributed by atoms with van der Waals surface area (Å²) in [6, 6.07) is 9.09. The van der Waals surface area contributed by atoms with Gasteiger partial charge in [0.15, 0.2) is 0 Å². The standard InChI is InChI=1S/C15H23N3O2/c1-11(2)17-14(19)9-10-16-12(3)15(20)18-13-7-5-4-6-8-13/h4-8,11-12,16H,9-10H2,1-3H3,(H,17,19)(H,18,20). The molecule has 0 heterocycles. The lowest BCUT2D eigenvalue weighted by Crippen LogP contribution is -2.40. The maximum atomic E-state index is 11.9. The van der Waals surface area contributed by atoms with Crippen LogP contribution in [0.2, 0.25) is 0 Å². The van der Waals surface area contributed by atoms with Gasteiger partial charge in [0.25, 0.3) is 0 Å².